The van der Waals surface area contributed by atoms with E-state index in [4.69, 9.17) is 11.6 Å². The van der Waals surface area contributed by atoms with Crippen molar-refractivity contribution in [2.45, 2.75) is 83.0 Å². The van der Waals surface area contributed by atoms with Crippen molar-refractivity contribution < 1.29 is 50.1 Å². The van der Waals surface area contributed by atoms with Gasteiger partial charge in [-0.05, 0) is 134 Å². The van der Waals surface area contributed by atoms with Crippen molar-refractivity contribution in [3.8, 4) is 11.1 Å². The van der Waals surface area contributed by atoms with E-state index in [1.165, 1.54) is 23.9 Å². The summed E-state index contributed by atoms with van der Waals surface area (Å²) in [5.41, 5.74) is -2.87. The first-order chi connectivity index (χ1) is 32.4. The molecule has 2 heterocycles. The predicted molar refractivity (Wildman–Crippen MR) is 259 cm³/mol. The van der Waals surface area contributed by atoms with Crippen molar-refractivity contribution in [3.05, 3.63) is 137 Å². The highest BCUT2D eigenvalue weighted by atomic mass is 35.5. The van der Waals surface area contributed by atoms with E-state index in [2.05, 4.69) is 15.1 Å². The number of hydrogen-bond donors (Lipinski definition) is 5. The summed E-state index contributed by atoms with van der Waals surface area (Å²) < 4.78 is 98.4. The van der Waals surface area contributed by atoms with E-state index in [0.29, 0.717) is 68.7 Å². The zero-order valence-electron chi connectivity index (χ0n) is 36.9. The Balaban J connectivity index is 1.04. The fourth-order valence-electron chi connectivity index (χ4n) is 8.87. The Morgan fingerprint density at radius 3 is 2.19 bits per heavy atom. The molecule has 1 amide bonds. The largest absolute Gasteiger partial charge is 0.501 e. The molecule has 0 spiro atoms. The van der Waals surface area contributed by atoms with E-state index in [9.17, 15) is 50.1 Å². The second kappa shape index (κ2) is 22.4. The van der Waals surface area contributed by atoms with Crippen LogP contribution in [0.4, 0.5) is 24.5 Å². The number of sulfonamides is 1. The summed E-state index contributed by atoms with van der Waals surface area (Å²) in [6.07, 6.45) is 1.96. The van der Waals surface area contributed by atoms with Crippen molar-refractivity contribution in [1.29, 1.82) is 0 Å². The van der Waals surface area contributed by atoms with Gasteiger partial charge < -0.3 is 30.4 Å². The molecule has 5 aromatic carbocycles. The fraction of sp³-hybridized carbons (Fsp3) is 0.367. The molecule has 12 nitrogen and oxygen atoms in total. The van der Waals surface area contributed by atoms with Gasteiger partial charge in [0.15, 0.2) is 0 Å². The Hall–Kier alpha value is -4.66. The Morgan fingerprint density at radius 1 is 0.838 bits per heavy atom. The third kappa shape index (κ3) is 12.6. The smallest absolute Gasteiger partial charge is 0.394 e. The summed E-state index contributed by atoms with van der Waals surface area (Å²) in [7, 11) is -11.0. The highest BCUT2D eigenvalue weighted by molar-refractivity contribution is 7.99. The molecule has 7 rings (SSSR count). The van der Waals surface area contributed by atoms with Crippen LogP contribution in [0.25, 0.3) is 11.1 Å². The molecular formula is C49H54ClF3N4O8S3. The predicted octanol–water partition coefficient (Wildman–Crippen LogP) is 8.54. The molecule has 2 fully saturated rings. The molecular weight excluding hydrogens is 961 g/mol. The van der Waals surface area contributed by atoms with E-state index in [1.807, 2.05) is 83.6 Å². The standard InChI is InChI=1S/C49H54ClF3N4O8S3/c50-36-16-12-33(13-17-36)43-10-4-5-11-44(43)47(60)34-22-26-57(27-23-34)38-18-14-35(15-19-38)48(61)55-68(64,65)42-20-21-45(46(30-42)67(62,63)49(51,52)53)54-37(32-66-41-8-2-1-3-9-41)29-39-7-6-25-56(39)28-24-40(59)31-58/h1-5,8-21,30,34,37,39-40,47,54,58-60H,6-7,22-29,31-32H2,(H,55,61)/t37?,39?,40?,47-/m1/s1. The number of alkyl halides is 3. The number of nitrogens with zero attached hydrogens (tertiary/aromatic N) is 2. The minimum Gasteiger partial charge on any atom is -0.394 e. The van der Waals surface area contributed by atoms with Crippen LogP contribution in [0.15, 0.2) is 136 Å². The number of carbonyl (C=O) groups excluding carboxylic acids is 1. The van der Waals surface area contributed by atoms with Gasteiger partial charge in [0.25, 0.3) is 25.8 Å². The van der Waals surface area contributed by atoms with Crippen LogP contribution in [-0.2, 0) is 19.9 Å². The number of sulfone groups is 1. The molecule has 2 aliphatic rings. The van der Waals surface area contributed by atoms with Crippen LogP contribution < -0.4 is 14.9 Å². The van der Waals surface area contributed by atoms with Crippen LogP contribution in [0.2, 0.25) is 5.02 Å². The molecule has 2 aliphatic heterocycles. The number of hydrogen-bond acceptors (Lipinski definition) is 12. The highest BCUT2D eigenvalue weighted by Crippen LogP contribution is 2.39. The second-order valence-electron chi connectivity index (χ2n) is 17.1. The summed E-state index contributed by atoms with van der Waals surface area (Å²) in [5, 5.41) is 34.4. The van der Waals surface area contributed by atoms with Crippen LogP contribution in [0.3, 0.4) is 0 Å². The number of aliphatic hydroxyl groups excluding tert-OH is 3. The molecule has 0 radical (unpaired) electrons. The van der Waals surface area contributed by atoms with Crippen LogP contribution >= 0.6 is 23.4 Å². The number of piperidine rings is 1. The van der Waals surface area contributed by atoms with Crippen molar-refractivity contribution in [1.82, 2.24) is 9.62 Å². The Bertz CT molecular complexity index is 2710. The normalized spacial score (nSPS) is 17.7. The third-order valence-electron chi connectivity index (χ3n) is 12.6. The summed E-state index contributed by atoms with van der Waals surface area (Å²) in [6.45, 7) is 1.97. The molecule has 0 aliphatic carbocycles. The van der Waals surface area contributed by atoms with Crippen molar-refractivity contribution in [3.63, 3.8) is 0 Å². The van der Waals surface area contributed by atoms with Crippen molar-refractivity contribution in [2.24, 2.45) is 5.92 Å². The van der Waals surface area contributed by atoms with E-state index >= 15 is 0 Å². The minimum atomic E-state index is -6.13. The fourth-order valence-corrected chi connectivity index (χ4v) is 12.0. The average molecular weight is 1020 g/mol. The highest BCUT2D eigenvalue weighted by Gasteiger charge is 2.48. The number of amides is 1. The van der Waals surface area contributed by atoms with Gasteiger partial charge in [-0.15, -0.1) is 11.8 Å². The van der Waals surface area contributed by atoms with Crippen LogP contribution in [0.5, 0.6) is 0 Å². The number of halogens is 4. The lowest BCUT2D eigenvalue weighted by molar-refractivity contribution is -0.0436. The van der Waals surface area contributed by atoms with Crippen LogP contribution in [0, 0.1) is 5.92 Å². The number of aliphatic hydroxyl groups is 3. The van der Waals surface area contributed by atoms with Crippen molar-refractivity contribution in [2.75, 3.05) is 48.8 Å². The van der Waals surface area contributed by atoms with E-state index < -0.39 is 71.6 Å². The number of anilines is 2. The lowest BCUT2D eigenvalue weighted by Gasteiger charge is -2.36. The average Bonchev–Trinajstić information content (AvgIpc) is 3.78. The zero-order chi connectivity index (χ0) is 48.6. The number of benzene rings is 5. The Labute approximate surface area is 404 Å². The maximum absolute atomic E-state index is 14.3. The number of thioether (sulfide) groups is 1. The first-order valence-corrected chi connectivity index (χ1v) is 26.6. The van der Waals surface area contributed by atoms with Gasteiger partial charge in [-0.2, -0.15) is 13.2 Å². The van der Waals surface area contributed by atoms with Gasteiger partial charge in [0.2, 0.25) is 0 Å². The molecule has 4 atom stereocenters. The van der Waals surface area contributed by atoms with Gasteiger partial charge in [0, 0.05) is 58.6 Å². The van der Waals surface area contributed by atoms with E-state index in [1.54, 1.807) is 12.1 Å². The molecule has 5 aromatic rings. The van der Waals surface area contributed by atoms with E-state index in [-0.39, 0.29) is 17.5 Å². The lowest BCUT2D eigenvalue weighted by atomic mass is 9.84. The van der Waals surface area contributed by atoms with Gasteiger partial charge >= 0.3 is 5.51 Å². The molecule has 19 heteroatoms. The molecule has 364 valence electrons. The molecule has 0 saturated carbocycles. The molecule has 5 N–H and O–H groups in total. The van der Waals surface area contributed by atoms with Gasteiger partial charge in [-0.3, -0.25) is 4.79 Å². The van der Waals surface area contributed by atoms with Gasteiger partial charge in [0.05, 0.1) is 29.4 Å². The van der Waals surface area contributed by atoms with Gasteiger partial charge in [0.1, 0.15) is 4.90 Å². The topological polar surface area (TPSA) is 177 Å². The lowest BCUT2D eigenvalue weighted by Crippen LogP contribution is -2.38. The Kier molecular flexibility index (Phi) is 16.9. The van der Waals surface area contributed by atoms with Crippen molar-refractivity contribution >= 4 is 60.5 Å². The molecule has 2 saturated heterocycles. The van der Waals surface area contributed by atoms with Gasteiger partial charge in [-0.25, -0.2) is 21.6 Å². The van der Waals surface area contributed by atoms with Crippen LogP contribution in [-0.4, -0.2) is 105 Å². The van der Waals surface area contributed by atoms with Gasteiger partial charge in [-0.1, -0.05) is 66.2 Å². The first kappa shape index (κ1) is 51.2. The summed E-state index contributed by atoms with van der Waals surface area (Å²) >= 11 is 7.51. The quantitative estimate of drug-likeness (QED) is 0.0500. The number of rotatable bonds is 19. The minimum absolute atomic E-state index is 0.0285. The molecule has 0 bridgehead atoms. The second-order valence-corrected chi connectivity index (χ2v) is 22.2. The molecule has 3 unspecified atom stereocenters. The summed E-state index contributed by atoms with van der Waals surface area (Å²) in [6, 6.07) is 32.2. The maximum Gasteiger partial charge on any atom is 0.501 e. The zero-order valence-corrected chi connectivity index (χ0v) is 40.1. The summed E-state index contributed by atoms with van der Waals surface area (Å²) in [5.74, 6) is -0.805. The maximum atomic E-state index is 14.3. The monoisotopic (exact) mass is 1010 g/mol. The Morgan fingerprint density at radius 2 is 1.51 bits per heavy atom. The molecule has 68 heavy (non-hydrogen) atoms. The summed E-state index contributed by atoms with van der Waals surface area (Å²) in [4.78, 5) is 16.3. The molecule has 0 aromatic heterocycles. The number of nitrogens with one attached hydrogen (secondary N) is 2. The SMILES string of the molecule is O=C(NS(=O)(=O)c1ccc(NC(CSc2ccccc2)CC2CCCN2CCC(O)CO)c(S(=O)(=O)C(F)(F)F)c1)c1ccc(N2CCC([C@@H](O)c3ccccc3-c3ccc(Cl)cc3)CC2)cc1. The van der Waals surface area contributed by atoms with E-state index in [0.717, 1.165) is 52.2 Å². The first-order valence-electron chi connectivity index (χ1n) is 22.3. The van der Waals surface area contributed by atoms with Crippen LogP contribution in [0.1, 0.15) is 60.6 Å². The number of likely N-dealkylation sites (tertiary alicyclic amines) is 1. The number of carbonyl (C=O) groups is 1. The third-order valence-corrected chi connectivity index (χ3v) is 16.9.